The summed E-state index contributed by atoms with van der Waals surface area (Å²) >= 11 is 5.82. The van der Waals surface area contributed by atoms with E-state index >= 15 is 0 Å². The van der Waals surface area contributed by atoms with Gasteiger partial charge in [-0.25, -0.2) is 4.39 Å². The van der Waals surface area contributed by atoms with E-state index in [1.54, 1.807) is 6.20 Å². The molecule has 0 aliphatic carbocycles. The van der Waals surface area contributed by atoms with Gasteiger partial charge in [-0.3, -0.25) is 9.88 Å². The van der Waals surface area contributed by atoms with E-state index < -0.39 is 0 Å². The van der Waals surface area contributed by atoms with E-state index in [0.29, 0.717) is 18.5 Å². The summed E-state index contributed by atoms with van der Waals surface area (Å²) in [6, 6.07) is 2.04. The predicted molar refractivity (Wildman–Crippen MR) is 69.7 cm³/mol. The molecule has 0 saturated heterocycles. The fourth-order valence-electron chi connectivity index (χ4n) is 2.08. The molecule has 4 heteroatoms. The van der Waals surface area contributed by atoms with Crippen molar-refractivity contribution in [3.05, 3.63) is 29.8 Å². The zero-order chi connectivity index (χ0) is 12.7. The quantitative estimate of drug-likeness (QED) is 0.697. The predicted octanol–water partition coefficient (Wildman–Crippen LogP) is 3.45. The topological polar surface area (TPSA) is 16.1 Å². The highest BCUT2D eigenvalue weighted by molar-refractivity contribution is 6.18. The normalized spacial score (nSPS) is 11.4. The van der Waals surface area contributed by atoms with Crippen LogP contribution in [0.1, 0.15) is 32.3 Å². The third kappa shape index (κ3) is 4.60. The van der Waals surface area contributed by atoms with Gasteiger partial charge in [-0.05, 0) is 24.5 Å². The Labute approximate surface area is 108 Å². The number of aromatic nitrogens is 1. The smallest absolute Gasteiger partial charge is 0.141 e. The van der Waals surface area contributed by atoms with E-state index in [9.17, 15) is 4.39 Å². The van der Waals surface area contributed by atoms with Crippen LogP contribution < -0.4 is 0 Å². The highest BCUT2D eigenvalue weighted by atomic mass is 35.5. The van der Waals surface area contributed by atoms with Crippen LogP contribution in [0.3, 0.4) is 0 Å². The lowest BCUT2D eigenvalue weighted by atomic mass is 10.1. The minimum atomic E-state index is -0.280. The fraction of sp³-hybridized carbons (Fsp3) is 0.615. The van der Waals surface area contributed by atoms with E-state index in [-0.39, 0.29) is 5.82 Å². The van der Waals surface area contributed by atoms with Crippen molar-refractivity contribution in [3.63, 3.8) is 0 Å². The maximum Gasteiger partial charge on any atom is 0.141 e. The van der Waals surface area contributed by atoms with Crippen molar-refractivity contribution < 1.29 is 4.39 Å². The Balaban J connectivity index is 2.71. The van der Waals surface area contributed by atoms with Crippen LogP contribution in [0.5, 0.6) is 0 Å². The lowest BCUT2D eigenvalue weighted by Crippen LogP contribution is -2.35. The maximum absolute atomic E-state index is 13.1. The first-order valence-corrected chi connectivity index (χ1v) is 6.64. The van der Waals surface area contributed by atoms with Gasteiger partial charge in [0.1, 0.15) is 5.82 Å². The molecule has 0 N–H and O–H groups in total. The Morgan fingerprint density at radius 2 is 2.06 bits per heavy atom. The molecule has 0 fully saturated rings. The van der Waals surface area contributed by atoms with Gasteiger partial charge in [0.2, 0.25) is 0 Å². The van der Waals surface area contributed by atoms with Crippen molar-refractivity contribution in [2.75, 3.05) is 12.4 Å². The molecule has 1 aromatic rings. The summed E-state index contributed by atoms with van der Waals surface area (Å²) < 4.78 is 13.1. The molecule has 0 aromatic carbocycles. The Morgan fingerprint density at radius 1 is 1.35 bits per heavy atom. The molecule has 1 rings (SSSR count). The monoisotopic (exact) mass is 258 g/mol. The van der Waals surface area contributed by atoms with Crippen LogP contribution in [0.15, 0.2) is 18.5 Å². The van der Waals surface area contributed by atoms with Crippen LogP contribution in [0.2, 0.25) is 0 Å². The second kappa shape index (κ2) is 7.62. The molecule has 1 aromatic heterocycles. The number of alkyl halides is 1. The summed E-state index contributed by atoms with van der Waals surface area (Å²) in [5.41, 5.74) is 0.905. The first kappa shape index (κ1) is 14.4. The van der Waals surface area contributed by atoms with E-state index in [4.69, 9.17) is 11.6 Å². The zero-order valence-corrected chi connectivity index (χ0v) is 11.3. The Bertz CT molecular complexity index is 329. The van der Waals surface area contributed by atoms with Gasteiger partial charge in [-0.1, -0.05) is 13.8 Å². The molecular formula is C13H20ClFN2. The van der Waals surface area contributed by atoms with Crippen molar-refractivity contribution in [2.45, 2.75) is 39.3 Å². The van der Waals surface area contributed by atoms with Crippen molar-refractivity contribution in [1.82, 2.24) is 9.88 Å². The summed E-state index contributed by atoms with van der Waals surface area (Å²) in [7, 11) is 0. The number of halogens is 2. The number of rotatable bonds is 7. The minimum Gasteiger partial charge on any atom is -0.295 e. The van der Waals surface area contributed by atoms with Crippen LogP contribution in [-0.2, 0) is 6.54 Å². The molecule has 1 heterocycles. The Hall–Kier alpha value is -0.670. The lowest BCUT2D eigenvalue weighted by molar-refractivity contribution is 0.188. The standard InChI is InChI=1S/C13H20ClFN2/c1-3-13(4-2)17(6-5-14)10-11-7-12(15)9-16-8-11/h7-9,13H,3-6,10H2,1-2H3. The van der Waals surface area contributed by atoms with Crippen LogP contribution in [0.25, 0.3) is 0 Å². The molecule has 0 aliphatic heterocycles. The third-order valence-corrected chi connectivity index (χ3v) is 3.15. The second-order valence-electron chi connectivity index (χ2n) is 4.14. The number of hydrogen-bond acceptors (Lipinski definition) is 2. The maximum atomic E-state index is 13.1. The average Bonchev–Trinajstić information content (AvgIpc) is 2.31. The summed E-state index contributed by atoms with van der Waals surface area (Å²) in [6.45, 7) is 5.87. The van der Waals surface area contributed by atoms with Gasteiger partial charge >= 0.3 is 0 Å². The number of nitrogens with zero attached hydrogens (tertiary/aromatic N) is 2. The zero-order valence-electron chi connectivity index (χ0n) is 10.5. The Morgan fingerprint density at radius 3 is 2.59 bits per heavy atom. The van der Waals surface area contributed by atoms with Gasteiger partial charge in [0.25, 0.3) is 0 Å². The lowest BCUT2D eigenvalue weighted by Gasteiger charge is -2.29. The highest BCUT2D eigenvalue weighted by Gasteiger charge is 2.15. The van der Waals surface area contributed by atoms with E-state index in [1.165, 1.54) is 12.3 Å². The first-order chi connectivity index (χ1) is 8.21. The molecule has 0 saturated carbocycles. The molecule has 2 nitrogen and oxygen atoms in total. The molecule has 0 unspecified atom stereocenters. The van der Waals surface area contributed by atoms with Crippen LogP contribution in [-0.4, -0.2) is 28.4 Å². The molecule has 17 heavy (non-hydrogen) atoms. The largest absolute Gasteiger partial charge is 0.295 e. The number of pyridine rings is 1. The van der Waals surface area contributed by atoms with Gasteiger partial charge in [-0.15, -0.1) is 11.6 Å². The molecular weight excluding hydrogens is 239 g/mol. The van der Waals surface area contributed by atoms with Gasteiger partial charge in [0.05, 0.1) is 6.20 Å². The molecule has 0 radical (unpaired) electrons. The number of hydrogen-bond donors (Lipinski definition) is 0. The molecule has 0 amide bonds. The molecule has 0 atom stereocenters. The Kier molecular flexibility index (Phi) is 6.45. The van der Waals surface area contributed by atoms with Crippen molar-refractivity contribution in [3.8, 4) is 0 Å². The van der Waals surface area contributed by atoms with E-state index in [2.05, 4.69) is 23.7 Å². The van der Waals surface area contributed by atoms with Gasteiger partial charge in [-0.2, -0.15) is 0 Å². The second-order valence-corrected chi connectivity index (χ2v) is 4.52. The molecule has 96 valence electrons. The SMILES string of the molecule is CCC(CC)N(CCCl)Cc1cncc(F)c1. The van der Waals surface area contributed by atoms with Crippen LogP contribution >= 0.6 is 11.6 Å². The molecule has 0 aliphatic rings. The van der Waals surface area contributed by atoms with E-state index in [0.717, 1.165) is 24.9 Å². The van der Waals surface area contributed by atoms with Crippen molar-refractivity contribution in [2.24, 2.45) is 0 Å². The van der Waals surface area contributed by atoms with Crippen molar-refractivity contribution >= 4 is 11.6 Å². The summed E-state index contributed by atoms with van der Waals surface area (Å²) in [6.07, 6.45) is 5.10. The minimum absolute atomic E-state index is 0.280. The van der Waals surface area contributed by atoms with Crippen LogP contribution in [0, 0.1) is 5.82 Å². The summed E-state index contributed by atoms with van der Waals surface area (Å²) in [4.78, 5) is 6.17. The van der Waals surface area contributed by atoms with Gasteiger partial charge < -0.3 is 0 Å². The van der Waals surface area contributed by atoms with Crippen LogP contribution in [0.4, 0.5) is 4.39 Å². The molecule has 0 spiro atoms. The van der Waals surface area contributed by atoms with Gasteiger partial charge in [0.15, 0.2) is 0 Å². The first-order valence-electron chi connectivity index (χ1n) is 6.10. The highest BCUT2D eigenvalue weighted by Crippen LogP contribution is 2.13. The summed E-state index contributed by atoms with van der Waals surface area (Å²) in [5.74, 6) is 0.317. The summed E-state index contributed by atoms with van der Waals surface area (Å²) in [5, 5.41) is 0. The molecule has 0 bridgehead atoms. The van der Waals surface area contributed by atoms with Crippen molar-refractivity contribution in [1.29, 1.82) is 0 Å². The average molecular weight is 259 g/mol. The fourth-order valence-corrected chi connectivity index (χ4v) is 2.30. The third-order valence-electron chi connectivity index (χ3n) is 2.98. The van der Waals surface area contributed by atoms with E-state index in [1.807, 2.05) is 0 Å². The van der Waals surface area contributed by atoms with Gasteiger partial charge in [0, 0.05) is 31.2 Å².